The van der Waals surface area contributed by atoms with Crippen molar-refractivity contribution in [2.45, 2.75) is 25.8 Å². The normalized spacial score (nSPS) is 14.9. The number of fused-ring (bicyclic) bond motifs is 1. The molecule has 4 rings (SSSR count). The topological polar surface area (TPSA) is 98.3 Å². The molecule has 0 radical (unpaired) electrons. The molecule has 1 aromatic carbocycles. The van der Waals surface area contributed by atoms with Gasteiger partial charge in [-0.25, -0.2) is 9.18 Å². The number of aryl methyl sites for hydroxylation is 1. The van der Waals surface area contributed by atoms with Gasteiger partial charge in [0.25, 0.3) is 0 Å². The molecule has 0 unspecified atom stereocenters. The van der Waals surface area contributed by atoms with E-state index >= 15 is 0 Å². The van der Waals surface area contributed by atoms with Crippen molar-refractivity contribution in [3.05, 3.63) is 58.3 Å². The van der Waals surface area contributed by atoms with Gasteiger partial charge in [-0.1, -0.05) is 6.07 Å². The van der Waals surface area contributed by atoms with Crippen LogP contribution in [-0.2, 0) is 0 Å². The van der Waals surface area contributed by atoms with Gasteiger partial charge >= 0.3 is 6.09 Å². The summed E-state index contributed by atoms with van der Waals surface area (Å²) in [6.45, 7) is 3.02. The molecule has 0 spiro atoms. The first-order valence-corrected chi connectivity index (χ1v) is 9.45. The van der Waals surface area contributed by atoms with Crippen LogP contribution in [0.2, 0.25) is 0 Å². The molecule has 1 amide bonds. The zero-order valence-corrected chi connectivity index (χ0v) is 15.9. The van der Waals surface area contributed by atoms with E-state index in [9.17, 15) is 14.0 Å². The maximum atomic E-state index is 14.1. The lowest BCUT2D eigenvalue weighted by Gasteiger charge is -2.35. The Morgan fingerprint density at radius 1 is 1.28 bits per heavy atom. The standard InChI is InChI=1S/C21H21FN4O3/c1-12-8-13(10-14(22)9-12)16-11-23-17-2-3-18(27)25-19(17)20(16)26-6-4-15(5-7-26)24-21(28)29/h2-3,8-11,15,24H,4-7H2,1H3,(H,25,27)(H,28,29). The molecule has 3 aromatic rings. The van der Waals surface area contributed by atoms with E-state index in [0.717, 1.165) is 16.8 Å². The first-order valence-electron chi connectivity index (χ1n) is 9.45. The third kappa shape index (κ3) is 3.91. The van der Waals surface area contributed by atoms with Gasteiger partial charge in [0.2, 0.25) is 5.56 Å². The van der Waals surface area contributed by atoms with Gasteiger partial charge in [-0.15, -0.1) is 0 Å². The number of benzene rings is 1. The highest BCUT2D eigenvalue weighted by Gasteiger charge is 2.25. The summed E-state index contributed by atoms with van der Waals surface area (Å²) in [6.07, 6.45) is 1.94. The van der Waals surface area contributed by atoms with Crippen molar-refractivity contribution >= 4 is 22.8 Å². The Balaban J connectivity index is 1.83. The first kappa shape index (κ1) is 18.9. The average molecular weight is 396 g/mol. The number of carboxylic acid groups (broad SMARTS) is 1. The lowest BCUT2D eigenvalue weighted by atomic mass is 9.98. The number of pyridine rings is 2. The minimum atomic E-state index is -1.03. The van der Waals surface area contributed by atoms with Gasteiger partial charge in [0.05, 0.1) is 16.7 Å². The summed E-state index contributed by atoms with van der Waals surface area (Å²) in [6, 6.07) is 7.78. The quantitative estimate of drug-likeness (QED) is 0.631. The second kappa shape index (κ2) is 7.54. The minimum absolute atomic E-state index is 0.115. The summed E-state index contributed by atoms with van der Waals surface area (Å²) < 4.78 is 14.1. The Morgan fingerprint density at radius 3 is 2.72 bits per heavy atom. The highest BCUT2D eigenvalue weighted by atomic mass is 19.1. The van der Waals surface area contributed by atoms with Gasteiger partial charge < -0.3 is 20.3 Å². The predicted molar refractivity (Wildman–Crippen MR) is 109 cm³/mol. The number of piperidine rings is 1. The smallest absolute Gasteiger partial charge is 0.404 e. The Bertz CT molecular complexity index is 1120. The number of carbonyl (C=O) groups is 1. The van der Waals surface area contributed by atoms with E-state index in [2.05, 4.69) is 20.2 Å². The van der Waals surface area contributed by atoms with Gasteiger partial charge in [-0.05, 0) is 49.1 Å². The number of amides is 1. The number of halogens is 1. The second-order valence-corrected chi connectivity index (χ2v) is 7.33. The second-order valence-electron chi connectivity index (χ2n) is 7.33. The van der Waals surface area contributed by atoms with Crippen LogP contribution in [0.5, 0.6) is 0 Å². The van der Waals surface area contributed by atoms with Crippen LogP contribution in [0.3, 0.4) is 0 Å². The van der Waals surface area contributed by atoms with Gasteiger partial charge in [0.15, 0.2) is 0 Å². The molecule has 29 heavy (non-hydrogen) atoms. The zero-order chi connectivity index (χ0) is 20.5. The molecule has 8 heteroatoms. The van der Waals surface area contributed by atoms with Crippen LogP contribution >= 0.6 is 0 Å². The number of rotatable bonds is 3. The van der Waals surface area contributed by atoms with Crippen molar-refractivity contribution in [2.75, 3.05) is 18.0 Å². The molecule has 0 aliphatic carbocycles. The molecule has 1 aliphatic rings. The number of hydrogen-bond acceptors (Lipinski definition) is 4. The van der Waals surface area contributed by atoms with Crippen molar-refractivity contribution in [1.29, 1.82) is 0 Å². The SMILES string of the molecule is Cc1cc(F)cc(-c2cnc3ccc(=O)[nH]c3c2N2CCC(NC(=O)O)CC2)c1. The molecule has 0 saturated carbocycles. The molecular formula is C21H21FN4O3. The number of anilines is 1. The van der Waals surface area contributed by atoms with Crippen LogP contribution in [0.4, 0.5) is 14.9 Å². The van der Waals surface area contributed by atoms with Gasteiger partial charge in [0, 0.05) is 37.0 Å². The Labute approximate surface area is 166 Å². The lowest BCUT2D eigenvalue weighted by Crippen LogP contribution is -2.44. The molecular weight excluding hydrogens is 375 g/mol. The third-order valence-electron chi connectivity index (χ3n) is 5.21. The summed E-state index contributed by atoms with van der Waals surface area (Å²) in [7, 11) is 0. The molecule has 150 valence electrons. The van der Waals surface area contributed by atoms with Crippen LogP contribution in [0.15, 0.2) is 41.3 Å². The van der Waals surface area contributed by atoms with Gasteiger partial charge in [-0.2, -0.15) is 0 Å². The number of H-pyrrole nitrogens is 1. The van der Waals surface area contributed by atoms with E-state index in [-0.39, 0.29) is 17.4 Å². The van der Waals surface area contributed by atoms with E-state index in [1.54, 1.807) is 12.3 Å². The molecule has 0 bridgehead atoms. The van der Waals surface area contributed by atoms with Crippen molar-refractivity contribution in [2.24, 2.45) is 0 Å². The van der Waals surface area contributed by atoms with Crippen LogP contribution in [0.1, 0.15) is 18.4 Å². The molecule has 3 heterocycles. The fourth-order valence-electron chi connectivity index (χ4n) is 3.94. The first-order chi connectivity index (χ1) is 13.9. The van der Waals surface area contributed by atoms with E-state index < -0.39 is 6.09 Å². The minimum Gasteiger partial charge on any atom is -0.465 e. The van der Waals surface area contributed by atoms with Crippen LogP contribution in [-0.4, -0.2) is 40.3 Å². The van der Waals surface area contributed by atoms with E-state index in [1.807, 2.05) is 13.0 Å². The average Bonchev–Trinajstić information content (AvgIpc) is 2.66. The van der Waals surface area contributed by atoms with E-state index in [0.29, 0.717) is 42.5 Å². The van der Waals surface area contributed by atoms with Gasteiger partial charge in [-0.3, -0.25) is 9.78 Å². The van der Waals surface area contributed by atoms with Crippen molar-refractivity contribution in [3.63, 3.8) is 0 Å². The maximum absolute atomic E-state index is 14.1. The van der Waals surface area contributed by atoms with Crippen LogP contribution in [0, 0.1) is 12.7 Å². The summed E-state index contributed by atoms with van der Waals surface area (Å²) >= 11 is 0. The molecule has 0 atom stereocenters. The highest BCUT2D eigenvalue weighted by molar-refractivity contribution is 5.97. The Hall–Kier alpha value is -3.42. The third-order valence-corrected chi connectivity index (χ3v) is 5.21. The predicted octanol–water partition coefficient (Wildman–Crippen LogP) is 3.27. The number of nitrogens with one attached hydrogen (secondary N) is 2. The molecule has 7 nitrogen and oxygen atoms in total. The van der Waals surface area contributed by atoms with Crippen molar-refractivity contribution < 1.29 is 14.3 Å². The fraction of sp³-hybridized carbons (Fsp3) is 0.286. The monoisotopic (exact) mass is 396 g/mol. The maximum Gasteiger partial charge on any atom is 0.404 e. The van der Waals surface area contributed by atoms with Gasteiger partial charge in [0.1, 0.15) is 5.82 Å². The Morgan fingerprint density at radius 2 is 2.03 bits per heavy atom. The fourth-order valence-corrected chi connectivity index (χ4v) is 3.94. The molecule has 1 fully saturated rings. The van der Waals surface area contributed by atoms with Crippen molar-refractivity contribution in [1.82, 2.24) is 15.3 Å². The number of hydrogen-bond donors (Lipinski definition) is 3. The van der Waals surface area contributed by atoms with E-state index in [1.165, 1.54) is 18.2 Å². The molecule has 2 aromatic heterocycles. The molecule has 1 aliphatic heterocycles. The highest BCUT2D eigenvalue weighted by Crippen LogP contribution is 2.37. The van der Waals surface area contributed by atoms with Crippen LogP contribution in [0.25, 0.3) is 22.2 Å². The number of aromatic amines is 1. The van der Waals surface area contributed by atoms with E-state index in [4.69, 9.17) is 5.11 Å². The number of aromatic nitrogens is 2. The summed E-state index contributed by atoms with van der Waals surface area (Å²) in [5.41, 5.74) is 3.98. The van der Waals surface area contributed by atoms with Crippen molar-refractivity contribution in [3.8, 4) is 11.1 Å². The largest absolute Gasteiger partial charge is 0.465 e. The summed E-state index contributed by atoms with van der Waals surface area (Å²) in [4.78, 5) is 32.4. The van der Waals surface area contributed by atoms with Crippen LogP contribution < -0.4 is 15.8 Å². The summed E-state index contributed by atoms with van der Waals surface area (Å²) in [5, 5.41) is 11.5. The summed E-state index contributed by atoms with van der Waals surface area (Å²) in [5.74, 6) is -0.336. The lowest BCUT2D eigenvalue weighted by molar-refractivity contribution is 0.187. The molecule has 1 saturated heterocycles. The Kier molecular flexibility index (Phi) is 4.92. The molecule has 3 N–H and O–H groups in total. The zero-order valence-electron chi connectivity index (χ0n) is 15.9. The number of nitrogens with zero attached hydrogens (tertiary/aromatic N) is 2.